The van der Waals surface area contributed by atoms with Crippen LogP contribution in [0.25, 0.3) is 0 Å². The normalized spacial score (nSPS) is 52.5. The third-order valence-electron chi connectivity index (χ3n) is 4.49. The Labute approximate surface area is 90.9 Å². The summed E-state index contributed by atoms with van der Waals surface area (Å²) in [7, 11) is 0. The van der Waals surface area contributed by atoms with Gasteiger partial charge in [0, 0.05) is 5.41 Å². The number of thiocarbonyl (C=S) groups is 1. The van der Waals surface area contributed by atoms with Crippen LogP contribution in [0.5, 0.6) is 0 Å². The summed E-state index contributed by atoms with van der Waals surface area (Å²) in [4.78, 5) is 0. The van der Waals surface area contributed by atoms with Gasteiger partial charge in [-0.1, -0.05) is 12.2 Å². The molecule has 0 heterocycles. The van der Waals surface area contributed by atoms with Crippen molar-refractivity contribution in [2.45, 2.75) is 38.5 Å². The highest BCUT2D eigenvalue weighted by Gasteiger charge is 2.52. The standard InChI is InChI=1S/C11H16S2/c12-10(13)11-4-7-1-8(5-11)3-9(2-7)6-11/h7-9H,1-6H2,(H,12,13). The van der Waals surface area contributed by atoms with E-state index in [9.17, 15) is 0 Å². The van der Waals surface area contributed by atoms with Gasteiger partial charge in [0.15, 0.2) is 0 Å². The van der Waals surface area contributed by atoms with Gasteiger partial charge < -0.3 is 0 Å². The first-order valence-corrected chi connectivity index (χ1v) is 6.27. The van der Waals surface area contributed by atoms with Gasteiger partial charge in [-0.3, -0.25) is 0 Å². The Kier molecular flexibility index (Phi) is 1.83. The minimum Gasteiger partial charge on any atom is -0.136 e. The summed E-state index contributed by atoms with van der Waals surface area (Å²) in [5.74, 6) is 2.99. The lowest BCUT2D eigenvalue weighted by Crippen LogP contribution is -2.48. The van der Waals surface area contributed by atoms with E-state index in [1.54, 1.807) is 0 Å². The second kappa shape index (κ2) is 2.73. The highest BCUT2D eigenvalue weighted by molar-refractivity contribution is 8.11. The van der Waals surface area contributed by atoms with E-state index < -0.39 is 0 Å². The van der Waals surface area contributed by atoms with E-state index in [1.165, 1.54) is 38.5 Å². The summed E-state index contributed by atoms with van der Waals surface area (Å²) >= 11 is 9.83. The lowest BCUT2D eigenvalue weighted by atomic mass is 9.50. The molecule has 0 nitrogen and oxygen atoms in total. The molecule has 72 valence electrons. The van der Waals surface area contributed by atoms with Crippen molar-refractivity contribution >= 4 is 29.0 Å². The molecule has 4 bridgehead atoms. The van der Waals surface area contributed by atoms with Crippen molar-refractivity contribution in [3.8, 4) is 0 Å². The molecule has 2 heteroatoms. The molecule has 0 N–H and O–H groups in total. The van der Waals surface area contributed by atoms with Gasteiger partial charge in [-0.2, -0.15) is 0 Å². The number of thiol groups is 1. The second-order valence-electron chi connectivity index (χ2n) is 5.50. The van der Waals surface area contributed by atoms with E-state index >= 15 is 0 Å². The van der Waals surface area contributed by atoms with E-state index in [-0.39, 0.29) is 0 Å². The summed E-state index contributed by atoms with van der Waals surface area (Å²) in [6, 6.07) is 0. The molecule has 0 amide bonds. The van der Waals surface area contributed by atoms with Crippen LogP contribution in [0, 0.1) is 23.2 Å². The average molecular weight is 212 g/mol. The number of rotatable bonds is 1. The van der Waals surface area contributed by atoms with Crippen LogP contribution in [-0.2, 0) is 0 Å². The summed E-state index contributed by atoms with van der Waals surface area (Å²) in [5, 5.41) is 0. The van der Waals surface area contributed by atoms with Crippen LogP contribution in [0.1, 0.15) is 38.5 Å². The molecule has 4 aliphatic carbocycles. The maximum absolute atomic E-state index is 5.35. The molecule has 0 aliphatic heterocycles. The Balaban J connectivity index is 1.95. The Bertz CT molecular complexity index is 222. The van der Waals surface area contributed by atoms with Crippen LogP contribution in [0.3, 0.4) is 0 Å². The zero-order valence-electron chi connectivity index (χ0n) is 7.83. The summed E-state index contributed by atoms with van der Waals surface area (Å²) in [6.45, 7) is 0. The summed E-state index contributed by atoms with van der Waals surface area (Å²) < 4.78 is 1.02. The van der Waals surface area contributed by atoms with Crippen LogP contribution in [0.4, 0.5) is 0 Å². The Morgan fingerprint density at radius 3 is 1.69 bits per heavy atom. The molecule has 0 aromatic rings. The fraction of sp³-hybridized carbons (Fsp3) is 0.909. The molecule has 0 aromatic heterocycles. The first-order valence-electron chi connectivity index (χ1n) is 5.41. The molecule has 0 unspecified atom stereocenters. The maximum Gasteiger partial charge on any atom is 0.0510 e. The lowest BCUT2D eigenvalue weighted by Gasteiger charge is -2.56. The average Bonchev–Trinajstić information content (AvgIpc) is 2.00. The fourth-order valence-corrected chi connectivity index (χ4v) is 4.90. The molecule has 4 fully saturated rings. The molecule has 0 radical (unpaired) electrons. The van der Waals surface area contributed by atoms with Crippen molar-refractivity contribution in [1.82, 2.24) is 0 Å². The van der Waals surface area contributed by atoms with E-state index in [4.69, 9.17) is 12.2 Å². The Morgan fingerprint density at radius 1 is 1.00 bits per heavy atom. The van der Waals surface area contributed by atoms with Crippen LogP contribution < -0.4 is 0 Å². The minimum atomic E-state index is 0.396. The summed E-state index contributed by atoms with van der Waals surface area (Å²) in [6.07, 6.45) is 8.57. The lowest BCUT2D eigenvalue weighted by molar-refractivity contribution is -0.00934. The molecular formula is C11H16S2. The zero-order chi connectivity index (χ0) is 9.05. The van der Waals surface area contributed by atoms with E-state index in [2.05, 4.69) is 12.6 Å². The predicted molar refractivity (Wildman–Crippen MR) is 62.2 cm³/mol. The van der Waals surface area contributed by atoms with Gasteiger partial charge in [-0.15, -0.1) is 12.6 Å². The molecule has 0 aromatic carbocycles. The van der Waals surface area contributed by atoms with Crippen molar-refractivity contribution in [2.75, 3.05) is 0 Å². The number of hydrogen-bond acceptors (Lipinski definition) is 1. The van der Waals surface area contributed by atoms with Crippen molar-refractivity contribution in [1.29, 1.82) is 0 Å². The van der Waals surface area contributed by atoms with Crippen molar-refractivity contribution in [2.24, 2.45) is 23.2 Å². The van der Waals surface area contributed by atoms with Gasteiger partial charge in [0.1, 0.15) is 0 Å². The molecule has 4 rings (SSSR count). The fourth-order valence-electron chi connectivity index (χ4n) is 4.37. The number of hydrogen-bond donors (Lipinski definition) is 1. The highest BCUT2D eigenvalue weighted by atomic mass is 32.1. The van der Waals surface area contributed by atoms with Crippen molar-refractivity contribution in [3.05, 3.63) is 0 Å². The van der Waals surface area contributed by atoms with E-state index in [1.807, 2.05) is 0 Å². The zero-order valence-corrected chi connectivity index (χ0v) is 9.54. The molecular weight excluding hydrogens is 196 g/mol. The summed E-state index contributed by atoms with van der Waals surface area (Å²) in [5.41, 5.74) is 0.396. The smallest absolute Gasteiger partial charge is 0.0510 e. The molecule has 0 atom stereocenters. The Hall–Kier alpha value is 0.440. The first-order chi connectivity index (χ1) is 6.18. The quantitative estimate of drug-likeness (QED) is 0.513. The van der Waals surface area contributed by atoms with Gasteiger partial charge >= 0.3 is 0 Å². The SMILES string of the molecule is S=C(S)C12CC3CC(CC(C3)C1)C2. The van der Waals surface area contributed by atoms with Crippen LogP contribution in [-0.4, -0.2) is 4.20 Å². The maximum atomic E-state index is 5.35. The van der Waals surface area contributed by atoms with E-state index in [0.717, 1.165) is 22.0 Å². The molecule has 4 aliphatic rings. The third-order valence-corrected chi connectivity index (χ3v) is 5.40. The van der Waals surface area contributed by atoms with Gasteiger partial charge in [0.25, 0.3) is 0 Å². The molecule has 0 spiro atoms. The van der Waals surface area contributed by atoms with Crippen LogP contribution in [0.2, 0.25) is 0 Å². The molecule has 13 heavy (non-hydrogen) atoms. The molecule has 4 saturated carbocycles. The van der Waals surface area contributed by atoms with Gasteiger partial charge in [0.2, 0.25) is 0 Å². The van der Waals surface area contributed by atoms with Gasteiger partial charge in [0.05, 0.1) is 4.20 Å². The van der Waals surface area contributed by atoms with Crippen LogP contribution >= 0.6 is 24.8 Å². The first kappa shape index (κ1) is 8.72. The predicted octanol–water partition coefficient (Wildman–Crippen LogP) is 3.46. The Morgan fingerprint density at radius 2 is 1.38 bits per heavy atom. The molecule has 0 saturated heterocycles. The van der Waals surface area contributed by atoms with E-state index in [0.29, 0.717) is 5.41 Å². The van der Waals surface area contributed by atoms with Crippen molar-refractivity contribution < 1.29 is 0 Å². The van der Waals surface area contributed by atoms with Gasteiger partial charge in [-0.25, -0.2) is 0 Å². The van der Waals surface area contributed by atoms with Crippen molar-refractivity contribution in [3.63, 3.8) is 0 Å². The monoisotopic (exact) mass is 212 g/mol. The van der Waals surface area contributed by atoms with Crippen LogP contribution in [0.15, 0.2) is 0 Å². The van der Waals surface area contributed by atoms with Gasteiger partial charge in [-0.05, 0) is 56.3 Å². The largest absolute Gasteiger partial charge is 0.136 e. The third kappa shape index (κ3) is 1.21. The topological polar surface area (TPSA) is 0 Å². The second-order valence-corrected chi connectivity index (χ2v) is 6.66. The highest BCUT2D eigenvalue weighted by Crippen LogP contribution is 2.60. The minimum absolute atomic E-state index is 0.396.